The molecule has 2 aliphatic heterocycles. The number of fused-ring (bicyclic) bond motifs is 4. The van der Waals surface area contributed by atoms with Gasteiger partial charge in [0.2, 0.25) is 11.8 Å². The summed E-state index contributed by atoms with van der Waals surface area (Å²) < 4.78 is 11.1. The first-order valence-corrected chi connectivity index (χ1v) is 12.8. The number of carbonyl (C=O) groups is 3. The summed E-state index contributed by atoms with van der Waals surface area (Å²) in [5, 5.41) is 3.91. The summed E-state index contributed by atoms with van der Waals surface area (Å²) in [5.41, 5.74) is 7.92. The Balaban J connectivity index is 1.63. The fourth-order valence-corrected chi connectivity index (χ4v) is 5.24. The van der Waals surface area contributed by atoms with Gasteiger partial charge in [-0.3, -0.25) is 14.4 Å². The third-order valence-electron chi connectivity index (χ3n) is 6.62. The molecular formula is C27H38N4O5. The summed E-state index contributed by atoms with van der Waals surface area (Å²) in [5.74, 6) is 0.315. The Morgan fingerprint density at radius 3 is 2.67 bits per heavy atom. The summed E-state index contributed by atoms with van der Waals surface area (Å²) in [6.07, 6.45) is 1.41. The van der Waals surface area contributed by atoms with Gasteiger partial charge in [0.05, 0.1) is 6.04 Å². The van der Waals surface area contributed by atoms with Gasteiger partial charge in [0.15, 0.2) is 0 Å². The molecule has 0 bridgehead atoms. The minimum Gasteiger partial charge on any atom is -0.492 e. The van der Waals surface area contributed by atoms with E-state index in [-0.39, 0.29) is 36.7 Å². The predicted octanol–water partition coefficient (Wildman–Crippen LogP) is 2.97. The minimum absolute atomic E-state index is 0.0600. The van der Waals surface area contributed by atoms with Crippen LogP contribution < -0.4 is 15.8 Å². The quantitative estimate of drug-likeness (QED) is 0.480. The lowest BCUT2D eigenvalue weighted by Gasteiger charge is -2.46. The molecule has 9 heteroatoms. The van der Waals surface area contributed by atoms with E-state index in [4.69, 9.17) is 15.2 Å². The highest BCUT2D eigenvalue weighted by atomic mass is 16.6. The van der Waals surface area contributed by atoms with Gasteiger partial charge in [-0.1, -0.05) is 13.8 Å². The average Bonchev–Trinajstić information content (AvgIpc) is 3.15. The van der Waals surface area contributed by atoms with Crippen molar-refractivity contribution in [3.63, 3.8) is 0 Å². The van der Waals surface area contributed by atoms with E-state index >= 15 is 0 Å². The highest BCUT2D eigenvalue weighted by Gasteiger charge is 2.48. The van der Waals surface area contributed by atoms with Gasteiger partial charge in [0.25, 0.3) is 0 Å². The number of amides is 2. The number of piperazine rings is 1. The number of aromatic amines is 1. The topological polar surface area (TPSA) is 127 Å². The number of hydrogen-bond donors (Lipinski definition) is 3. The molecule has 1 fully saturated rings. The maximum atomic E-state index is 13.7. The highest BCUT2D eigenvalue weighted by molar-refractivity contribution is 5.99. The lowest BCUT2D eigenvalue weighted by molar-refractivity contribution is -0.157. The van der Waals surface area contributed by atoms with E-state index in [0.29, 0.717) is 31.9 Å². The summed E-state index contributed by atoms with van der Waals surface area (Å²) in [7, 11) is 0. The van der Waals surface area contributed by atoms with Crippen LogP contribution in [0.1, 0.15) is 71.2 Å². The van der Waals surface area contributed by atoms with E-state index in [9.17, 15) is 14.4 Å². The van der Waals surface area contributed by atoms with E-state index in [2.05, 4.69) is 24.1 Å². The smallest absolute Gasteiger partial charge is 0.306 e. The number of ether oxygens (including phenoxy) is 2. The van der Waals surface area contributed by atoms with Crippen molar-refractivity contribution in [3.8, 4) is 5.75 Å². The first-order valence-electron chi connectivity index (χ1n) is 12.8. The molecule has 0 unspecified atom stereocenters. The van der Waals surface area contributed by atoms with Crippen molar-refractivity contribution in [1.29, 1.82) is 0 Å². The second-order valence-electron chi connectivity index (χ2n) is 11.2. The second kappa shape index (κ2) is 10.1. The molecule has 0 saturated carbocycles. The molecule has 3 atom stereocenters. The fraction of sp³-hybridized carbons (Fsp3) is 0.593. The maximum absolute atomic E-state index is 13.7. The molecule has 4 rings (SSSR count). The lowest BCUT2D eigenvalue weighted by Crippen LogP contribution is -2.66. The van der Waals surface area contributed by atoms with Crippen LogP contribution >= 0.6 is 0 Å². The third-order valence-corrected chi connectivity index (χ3v) is 6.62. The van der Waals surface area contributed by atoms with Gasteiger partial charge in [-0.15, -0.1) is 0 Å². The standard InChI is InChI=1S/C27H38N4O5/c1-15(2)12-21-24-18(17-7-6-16(35-11-10-28)13-20(17)29-24)14-22-25(33)30-19(26(34)31(21)22)8-9-23(32)36-27(3,4)5/h6-7,13,15,19,21-22,29H,8-12,14,28H2,1-5H3,(H,30,33)/t19-,21-,22-/m0/s1. The van der Waals surface area contributed by atoms with Gasteiger partial charge < -0.3 is 30.4 Å². The molecule has 1 aromatic heterocycles. The highest BCUT2D eigenvalue weighted by Crippen LogP contribution is 2.42. The van der Waals surface area contributed by atoms with Crippen LogP contribution in [-0.4, -0.2) is 58.5 Å². The maximum Gasteiger partial charge on any atom is 0.306 e. The molecule has 4 N–H and O–H groups in total. The van der Waals surface area contributed by atoms with Gasteiger partial charge in [-0.25, -0.2) is 0 Å². The Morgan fingerprint density at radius 1 is 1.25 bits per heavy atom. The van der Waals surface area contributed by atoms with Gasteiger partial charge >= 0.3 is 5.97 Å². The summed E-state index contributed by atoms with van der Waals surface area (Å²) in [6.45, 7) is 10.5. The van der Waals surface area contributed by atoms with Crippen LogP contribution in [0.15, 0.2) is 18.2 Å². The number of aromatic nitrogens is 1. The van der Waals surface area contributed by atoms with Crippen molar-refractivity contribution in [2.24, 2.45) is 11.7 Å². The molecule has 3 heterocycles. The second-order valence-corrected chi connectivity index (χ2v) is 11.2. The molecule has 2 aromatic rings. The van der Waals surface area contributed by atoms with Crippen molar-refractivity contribution in [2.45, 2.75) is 84.0 Å². The number of hydrogen-bond acceptors (Lipinski definition) is 6. The lowest BCUT2D eigenvalue weighted by atomic mass is 9.85. The molecule has 0 aliphatic carbocycles. The number of carbonyl (C=O) groups excluding carboxylic acids is 3. The number of nitrogens with two attached hydrogens (primary N) is 1. The van der Waals surface area contributed by atoms with Crippen LogP contribution in [-0.2, 0) is 25.5 Å². The molecule has 9 nitrogen and oxygen atoms in total. The van der Waals surface area contributed by atoms with E-state index in [0.717, 1.165) is 27.9 Å². The van der Waals surface area contributed by atoms with Crippen LogP contribution in [0.25, 0.3) is 10.9 Å². The summed E-state index contributed by atoms with van der Waals surface area (Å²) >= 11 is 0. The largest absolute Gasteiger partial charge is 0.492 e. The number of rotatable bonds is 8. The number of benzene rings is 1. The SMILES string of the molecule is CC(C)C[C@H]1c2[nH]c3cc(OCCN)ccc3c2C[C@H]2C(=O)N[C@@H](CCC(=O)OC(C)(C)C)C(=O)N21. The molecule has 1 aromatic carbocycles. The Morgan fingerprint density at radius 2 is 2.00 bits per heavy atom. The van der Waals surface area contributed by atoms with E-state index in [1.807, 2.05) is 18.2 Å². The Bertz CT molecular complexity index is 1150. The van der Waals surface area contributed by atoms with Crippen molar-refractivity contribution in [2.75, 3.05) is 13.2 Å². The average molecular weight is 499 g/mol. The number of nitrogens with zero attached hydrogens (tertiary/aromatic N) is 1. The Kier molecular flexibility index (Phi) is 7.31. The van der Waals surface area contributed by atoms with Gasteiger partial charge in [0.1, 0.15) is 30.0 Å². The molecule has 2 aliphatic rings. The zero-order chi connectivity index (χ0) is 26.2. The predicted molar refractivity (Wildman–Crippen MR) is 136 cm³/mol. The van der Waals surface area contributed by atoms with Crippen LogP contribution in [0, 0.1) is 5.92 Å². The number of esters is 1. The van der Waals surface area contributed by atoms with E-state index < -0.39 is 17.7 Å². The van der Waals surface area contributed by atoms with Crippen molar-refractivity contribution >= 4 is 28.7 Å². The summed E-state index contributed by atoms with van der Waals surface area (Å²) in [6, 6.07) is 4.26. The molecule has 2 amide bonds. The zero-order valence-corrected chi connectivity index (χ0v) is 21.8. The molecule has 36 heavy (non-hydrogen) atoms. The first kappa shape index (κ1) is 26.0. The van der Waals surface area contributed by atoms with Crippen molar-refractivity contribution < 1.29 is 23.9 Å². The van der Waals surface area contributed by atoms with E-state index in [1.54, 1.807) is 25.7 Å². The molecular weight excluding hydrogens is 460 g/mol. The minimum atomic E-state index is -0.752. The van der Waals surface area contributed by atoms with Crippen LogP contribution in [0.2, 0.25) is 0 Å². The molecule has 0 radical (unpaired) electrons. The zero-order valence-electron chi connectivity index (χ0n) is 21.8. The van der Waals surface area contributed by atoms with Crippen LogP contribution in [0.5, 0.6) is 5.75 Å². The van der Waals surface area contributed by atoms with Gasteiger partial charge in [0, 0.05) is 42.0 Å². The fourth-order valence-electron chi connectivity index (χ4n) is 5.24. The summed E-state index contributed by atoms with van der Waals surface area (Å²) in [4.78, 5) is 44.5. The van der Waals surface area contributed by atoms with Gasteiger partial charge in [-0.05, 0) is 57.2 Å². The van der Waals surface area contributed by atoms with E-state index in [1.165, 1.54) is 0 Å². The van der Waals surface area contributed by atoms with Crippen molar-refractivity contribution in [1.82, 2.24) is 15.2 Å². The molecule has 1 saturated heterocycles. The number of H-pyrrole nitrogens is 1. The number of nitrogens with one attached hydrogen (secondary N) is 2. The first-order chi connectivity index (χ1) is 17.0. The monoisotopic (exact) mass is 498 g/mol. The van der Waals surface area contributed by atoms with Crippen molar-refractivity contribution in [3.05, 3.63) is 29.5 Å². The van der Waals surface area contributed by atoms with Crippen LogP contribution in [0.3, 0.4) is 0 Å². The Hall–Kier alpha value is -3.07. The van der Waals surface area contributed by atoms with Gasteiger partial charge in [-0.2, -0.15) is 0 Å². The molecule has 196 valence electrons. The Labute approximate surface area is 212 Å². The molecule has 0 spiro atoms. The third kappa shape index (κ3) is 5.36. The van der Waals surface area contributed by atoms with Crippen LogP contribution in [0.4, 0.5) is 0 Å². The normalized spacial score (nSPS) is 21.9.